The van der Waals surface area contributed by atoms with Crippen LogP contribution in [0.1, 0.15) is 0 Å². The van der Waals surface area contributed by atoms with Crippen LogP contribution in [0.25, 0.3) is 0 Å². The van der Waals surface area contributed by atoms with E-state index in [4.69, 9.17) is 10.2 Å². The van der Waals surface area contributed by atoms with Crippen LogP contribution in [-0.2, 0) is 19.1 Å². The fourth-order valence-corrected chi connectivity index (χ4v) is 0.502. The van der Waals surface area contributed by atoms with Gasteiger partial charge in [0.15, 0.2) is 0 Å². The SMILES string of the molecule is [CH2]C(OC=O)[C](C(=O)O)C(=O)O. The summed E-state index contributed by atoms with van der Waals surface area (Å²) in [5.74, 6) is -4.34. The lowest BCUT2D eigenvalue weighted by Gasteiger charge is -2.12. The highest BCUT2D eigenvalue weighted by Gasteiger charge is 2.34. The van der Waals surface area contributed by atoms with E-state index in [0.29, 0.717) is 0 Å². The summed E-state index contributed by atoms with van der Waals surface area (Å²) in [6.07, 6.45) is -1.50. The second kappa shape index (κ2) is 4.32. The molecule has 2 radical (unpaired) electrons. The third-order valence-corrected chi connectivity index (χ3v) is 1.00. The topological polar surface area (TPSA) is 101 Å². The van der Waals surface area contributed by atoms with Crippen LogP contribution < -0.4 is 0 Å². The zero-order chi connectivity index (χ0) is 9.72. The first-order valence-electron chi connectivity index (χ1n) is 2.76. The van der Waals surface area contributed by atoms with Crippen LogP contribution in [0, 0.1) is 12.8 Å². The molecule has 66 valence electrons. The number of carbonyl (C=O) groups is 3. The Morgan fingerprint density at radius 1 is 1.33 bits per heavy atom. The number of carboxylic acid groups (broad SMARTS) is 2. The summed E-state index contributed by atoms with van der Waals surface area (Å²) < 4.78 is 4.04. The lowest BCUT2D eigenvalue weighted by atomic mass is 10.1. The molecule has 0 heterocycles. The normalized spacial score (nSPS) is 12.2. The Morgan fingerprint density at radius 3 is 2.00 bits per heavy atom. The van der Waals surface area contributed by atoms with Crippen molar-refractivity contribution < 1.29 is 29.3 Å². The molecule has 0 aliphatic rings. The second-order valence-electron chi connectivity index (χ2n) is 1.74. The van der Waals surface area contributed by atoms with Crippen LogP contribution >= 0.6 is 0 Å². The Hall–Kier alpha value is -1.59. The highest BCUT2D eigenvalue weighted by molar-refractivity contribution is 6.09. The Kier molecular flexibility index (Phi) is 3.75. The van der Waals surface area contributed by atoms with Gasteiger partial charge in [0.1, 0.15) is 6.10 Å². The molecular formula is C6H6O6. The molecule has 0 aromatic heterocycles. The van der Waals surface area contributed by atoms with Crippen molar-refractivity contribution in [2.75, 3.05) is 0 Å². The predicted molar refractivity (Wildman–Crippen MR) is 34.8 cm³/mol. The molecule has 0 bridgehead atoms. The number of carboxylic acids is 2. The van der Waals surface area contributed by atoms with E-state index in [0.717, 1.165) is 0 Å². The van der Waals surface area contributed by atoms with Crippen molar-refractivity contribution in [2.45, 2.75) is 6.10 Å². The summed E-state index contributed by atoms with van der Waals surface area (Å²) in [4.78, 5) is 30.1. The van der Waals surface area contributed by atoms with Crippen molar-refractivity contribution in [3.63, 3.8) is 0 Å². The van der Waals surface area contributed by atoms with Gasteiger partial charge in [-0.2, -0.15) is 0 Å². The minimum atomic E-state index is -1.68. The zero-order valence-electron chi connectivity index (χ0n) is 5.89. The van der Waals surface area contributed by atoms with Gasteiger partial charge in [0.2, 0.25) is 5.92 Å². The maximum atomic E-state index is 10.2. The predicted octanol–water partition coefficient (Wildman–Crippen LogP) is -0.894. The molecule has 0 aliphatic carbocycles. The molecule has 1 unspecified atom stereocenters. The molecule has 0 aromatic rings. The number of ether oxygens (including phenoxy) is 1. The van der Waals surface area contributed by atoms with Gasteiger partial charge < -0.3 is 14.9 Å². The summed E-state index contributed by atoms with van der Waals surface area (Å²) in [6, 6.07) is 0. The Bertz CT molecular complexity index is 184. The van der Waals surface area contributed by atoms with E-state index < -0.39 is 24.0 Å². The largest absolute Gasteiger partial charge is 0.480 e. The molecule has 0 fully saturated rings. The van der Waals surface area contributed by atoms with Crippen LogP contribution in [-0.4, -0.2) is 34.7 Å². The van der Waals surface area contributed by atoms with Gasteiger partial charge >= 0.3 is 11.9 Å². The highest BCUT2D eigenvalue weighted by Crippen LogP contribution is 2.09. The summed E-state index contributed by atoms with van der Waals surface area (Å²) in [5.41, 5.74) is 0. The third-order valence-electron chi connectivity index (χ3n) is 1.00. The van der Waals surface area contributed by atoms with Crippen LogP contribution in [0.4, 0.5) is 0 Å². The van der Waals surface area contributed by atoms with E-state index in [-0.39, 0.29) is 6.47 Å². The molecule has 0 saturated carbocycles. The maximum absolute atomic E-state index is 10.2. The van der Waals surface area contributed by atoms with E-state index in [9.17, 15) is 14.4 Å². The minimum absolute atomic E-state index is 0.0659. The van der Waals surface area contributed by atoms with Crippen molar-refractivity contribution in [1.29, 1.82) is 0 Å². The van der Waals surface area contributed by atoms with Gasteiger partial charge in [0.05, 0.1) is 0 Å². The number of aliphatic carboxylic acids is 2. The molecule has 6 heteroatoms. The number of hydrogen-bond acceptors (Lipinski definition) is 4. The van der Waals surface area contributed by atoms with Crippen LogP contribution in [0.3, 0.4) is 0 Å². The fraction of sp³-hybridized carbons (Fsp3) is 0.167. The van der Waals surface area contributed by atoms with E-state index in [1.807, 2.05) is 0 Å². The summed E-state index contributed by atoms with van der Waals surface area (Å²) in [7, 11) is 0. The monoisotopic (exact) mass is 174 g/mol. The summed E-state index contributed by atoms with van der Waals surface area (Å²) in [6.45, 7) is 2.95. The number of hydrogen-bond donors (Lipinski definition) is 2. The number of carbonyl (C=O) groups excluding carboxylic acids is 1. The second-order valence-corrected chi connectivity index (χ2v) is 1.74. The van der Waals surface area contributed by atoms with Crippen LogP contribution in [0.15, 0.2) is 0 Å². The van der Waals surface area contributed by atoms with E-state index in [1.165, 1.54) is 0 Å². The molecule has 0 aliphatic heterocycles. The minimum Gasteiger partial charge on any atom is -0.480 e. The first-order chi connectivity index (χ1) is 5.50. The number of rotatable bonds is 5. The lowest BCUT2D eigenvalue weighted by molar-refractivity contribution is -0.148. The Labute approximate surface area is 67.8 Å². The van der Waals surface area contributed by atoms with Crippen molar-refractivity contribution >= 4 is 18.4 Å². The van der Waals surface area contributed by atoms with Crippen LogP contribution in [0.2, 0.25) is 0 Å². The zero-order valence-corrected chi connectivity index (χ0v) is 5.89. The molecule has 0 saturated heterocycles. The first kappa shape index (κ1) is 10.4. The van der Waals surface area contributed by atoms with Gasteiger partial charge in [-0.05, 0) is 6.92 Å². The molecular weight excluding hydrogens is 168 g/mol. The average Bonchev–Trinajstić information content (AvgIpc) is 1.85. The van der Waals surface area contributed by atoms with Gasteiger partial charge in [-0.15, -0.1) is 0 Å². The molecule has 12 heavy (non-hydrogen) atoms. The Balaban J connectivity index is 4.39. The first-order valence-corrected chi connectivity index (χ1v) is 2.76. The molecule has 2 N–H and O–H groups in total. The summed E-state index contributed by atoms with van der Waals surface area (Å²) in [5, 5.41) is 16.6. The highest BCUT2D eigenvalue weighted by atomic mass is 16.5. The van der Waals surface area contributed by atoms with Gasteiger partial charge in [-0.1, -0.05) is 0 Å². The van der Waals surface area contributed by atoms with Crippen molar-refractivity contribution in [3.05, 3.63) is 12.8 Å². The molecule has 1 atom stereocenters. The molecule has 0 spiro atoms. The standard InChI is InChI=1S/C6H6O6/c1-3(12-2-7)4(5(8)9)6(10)11/h2-3H,1H2,(H,8,9)(H,10,11). The third kappa shape index (κ3) is 2.57. The molecule has 0 rings (SSSR count). The molecule has 6 nitrogen and oxygen atoms in total. The maximum Gasteiger partial charge on any atom is 0.326 e. The van der Waals surface area contributed by atoms with Crippen molar-refractivity contribution in [1.82, 2.24) is 0 Å². The van der Waals surface area contributed by atoms with Gasteiger partial charge in [-0.25, -0.2) is 0 Å². The quantitative estimate of drug-likeness (QED) is 0.414. The average molecular weight is 174 g/mol. The summed E-state index contributed by atoms with van der Waals surface area (Å²) >= 11 is 0. The van der Waals surface area contributed by atoms with Gasteiger partial charge in [0.25, 0.3) is 6.47 Å². The van der Waals surface area contributed by atoms with Crippen LogP contribution in [0.5, 0.6) is 0 Å². The van der Waals surface area contributed by atoms with E-state index >= 15 is 0 Å². The smallest absolute Gasteiger partial charge is 0.326 e. The molecule has 0 amide bonds. The fourth-order valence-electron chi connectivity index (χ4n) is 0.502. The molecule has 0 aromatic carbocycles. The van der Waals surface area contributed by atoms with E-state index in [1.54, 1.807) is 0 Å². The van der Waals surface area contributed by atoms with Gasteiger partial charge in [0, 0.05) is 0 Å². The lowest BCUT2D eigenvalue weighted by Crippen LogP contribution is -2.32. The van der Waals surface area contributed by atoms with Crippen molar-refractivity contribution in [3.8, 4) is 0 Å². The van der Waals surface area contributed by atoms with Gasteiger partial charge in [-0.3, -0.25) is 14.4 Å². The Morgan fingerprint density at radius 2 is 1.75 bits per heavy atom. The van der Waals surface area contributed by atoms with Crippen molar-refractivity contribution in [2.24, 2.45) is 0 Å². The van der Waals surface area contributed by atoms with E-state index in [2.05, 4.69) is 11.7 Å².